The molecule has 1 aliphatic heterocycles. The number of carbonyl (C=O) groups excluding carboxylic acids is 1. The second-order valence-electron chi connectivity index (χ2n) is 6.11. The van der Waals surface area contributed by atoms with E-state index < -0.39 is 5.82 Å². The third kappa shape index (κ3) is 5.18. The Morgan fingerprint density at radius 2 is 1.92 bits per heavy atom. The molecule has 0 unspecified atom stereocenters. The van der Waals surface area contributed by atoms with E-state index in [2.05, 4.69) is 29.4 Å². The number of carbonyl (C=O) groups is 1. The van der Waals surface area contributed by atoms with Gasteiger partial charge in [-0.1, -0.05) is 38.8 Å². The van der Waals surface area contributed by atoms with Crippen LogP contribution in [-0.4, -0.2) is 49.8 Å². The topological polar surface area (TPSA) is 53.6 Å². The predicted octanol–water partition coefficient (Wildman–Crippen LogP) is 3.08. The number of amides is 2. The highest BCUT2D eigenvalue weighted by molar-refractivity contribution is 5.89. The minimum absolute atomic E-state index is 0.195. The Morgan fingerprint density at radius 3 is 2.54 bits per heavy atom. The largest absolute Gasteiger partial charge is 0.379 e. The third-order valence-corrected chi connectivity index (χ3v) is 4.70. The van der Waals surface area contributed by atoms with E-state index in [9.17, 15) is 9.18 Å². The molecule has 0 radical (unpaired) electrons. The second kappa shape index (κ2) is 9.59. The Labute approximate surface area is 143 Å². The second-order valence-corrected chi connectivity index (χ2v) is 6.11. The quantitative estimate of drug-likeness (QED) is 0.804. The molecular weight excluding hydrogens is 309 g/mol. The molecule has 0 saturated carbocycles. The first-order valence-electron chi connectivity index (χ1n) is 8.76. The zero-order valence-corrected chi connectivity index (χ0v) is 14.6. The van der Waals surface area contributed by atoms with Gasteiger partial charge in [-0.3, -0.25) is 4.90 Å². The maximum Gasteiger partial charge on any atom is 0.319 e. The molecule has 134 valence electrons. The van der Waals surface area contributed by atoms with Gasteiger partial charge in [0.25, 0.3) is 0 Å². The monoisotopic (exact) mass is 337 g/mol. The number of hydrogen-bond acceptors (Lipinski definition) is 3. The number of nitrogens with one attached hydrogen (secondary N) is 2. The SMILES string of the molecule is CCC(CC)[C@H](CNC(=O)Nc1ccccc1F)N1CCOCC1. The first-order valence-corrected chi connectivity index (χ1v) is 8.76. The van der Waals surface area contributed by atoms with E-state index in [-0.39, 0.29) is 17.8 Å². The summed E-state index contributed by atoms with van der Waals surface area (Å²) in [6.07, 6.45) is 2.13. The average Bonchev–Trinajstić information content (AvgIpc) is 2.61. The number of anilines is 1. The van der Waals surface area contributed by atoms with Gasteiger partial charge in [-0.15, -0.1) is 0 Å². The highest BCUT2D eigenvalue weighted by Crippen LogP contribution is 2.19. The van der Waals surface area contributed by atoms with E-state index in [1.54, 1.807) is 18.2 Å². The molecule has 24 heavy (non-hydrogen) atoms. The van der Waals surface area contributed by atoms with Gasteiger partial charge < -0.3 is 15.4 Å². The van der Waals surface area contributed by atoms with Crippen LogP contribution in [0.5, 0.6) is 0 Å². The van der Waals surface area contributed by atoms with Crippen molar-refractivity contribution < 1.29 is 13.9 Å². The van der Waals surface area contributed by atoms with Crippen molar-refractivity contribution in [2.45, 2.75) is 32.7 Å². The van der Waals surface area contributed by atoms with Crippen molar-refractivity contribution in [3.05, 3.63) is 30.1 Å². The molecule has 2 rings (SSSR count). The lowest BCUT2D eigenvalue weighted by atomic mass is 9.92. The zero-order chi connectivity index (χ0) is 17.4. The molecule has 0 aliphatic carbocycles. The summed E-state index contributed by atoms with van der Waals surface area (Å²) < 4.78 is 19.0. The van der Waals surface area contributed by atoms with Gasteiger partial charge in [-0.2, -0.15) is 0 Å². The summed E-state index contributed by atoms with van der Waals surface area (Å²) in [5, 5.41) is 5.48. The van der Waals surface area contributed by atoms with Gasteiger partial charge in [0, 0.05) is 25.7 Å². The van der Waals surface area contributed by atoms with Gasteiger partial charge in [0.05, 0.1) is 18.9 Å². The van der Waals surface area contributed by atoms with Gasteiger partial charge >= 0.3 is 6.03 Å². The number of rotatable bonds is 7. The van der Waals surface area contributed by atoms with Gasteiger partial charge in [0.15, 0.2) is 0 Å². The van der Waals surface area contributed by atoms with Crippen LogP contribution < -0.4 is 10.6 Å². The predicted molar refractivity (Wildman–Crippen MR) is 93.7 cm³/mol. The summed E-state index contributed by atoms with van der Waals surface area (Å²) in [6, 6.07) is 6.07. The number of hydrogen-bond donors (Lipinski definition) is 2. The van der Waals surface area contributed by atoms with Gasteiger partial charge in [0.1, 0.15) is 5.82 Å². The Morgan fingerprint density at radius 1 is 1.25 bits per heavy atom. The maximum absolute atomic E-state index is 13.6. The summed E-state index contributed by atoms with van der Waals surface area (Å²) >= 11 is 0. The summed E-state index contributed by atoms with van der Waals surface area (Å²) in [4.78, 5) is 14.5. The molecule has 0 bridgehead atoms. The third-order valence-electron chi connectivity index (χ3n) is 4.70. The van der Waals surface area contributed by atoms with Crippen LogP contribution in [0, 0.1) is 11.7 Å². The van der Waals surface area contributed by atoms with E-state index >= 15 is 0 Å². The number of morpholine rings is 1. The van der Waals surface area contributed by atoms with Crippen molar-refractivity contribution in [1.82, 2.24) is 10.2 Å². The van der Waals surface area contributed by atoms with Crippen LogP contribution >= 0.6 is 0 Å². The normalized spacial score (nSPS) is 16.8. The van der Waals surface area contributed by atoms with Crippen molar-refractivity contribution in [3.63, 3.8) is 0 Å². The van der Waals surface area contributed by atoms with Crippen LogP contribution in [0.25, 0.3) is 0 Å². The standard InChI is InChI=1S/C18H28FN3O2/c1-3-14(4-2)17(22-9-11-24-12-10-22)13-20-18(23)21-16-8-6-5-7-15(16)19/h5-8,14,17H,3-4,9-13H2,1-2H3,(H2,20,21,23)/t17-/m0/s1. The van der Waals surface area contributed by atoms with Crippen LogP contribution in [-0.2, 0) is 4.74 Å². The van der Waals surface area contributed by atoms with E-state index in [0.717, 1.165) is 39.1 Å². The van der Waals surface area contributed by atoms with Crippen LogP contribution in [0.4, 0.5) is 14.9 Å². The van der Waals surface area contributed by atoms with Crippen molar-refractivity contribution in [3.8, 4) is 0 Å². The van der Waals surface area contributed by atoms with Crippen molar-refractivity contribution in [1.29, 1.82) is 0 Å². The average molecular weight is 337 g/mol. The minimum Gasteiger partial charge on any atom is -0.379 e. The molecule has 1 aromatic rings. The lowest BCUT2D eigenvalue weighted by molar-refractivity contribution is 0.00247. The molecule has 1 heterocycles. The molecule has 2 N–H and O–H groups in total. The Hall–Kier alpha value is -1.66. The van der Waals surface area contributed by atoms with Crippen molar-refractivity contribution in [2.75, 3.05) is 38.2 Å². The molecule has 1 fully saturated rings. The molecule has 0 spiro atoms. The van der Waals surface area contributed by atoms with Crippen LogP contribution in [0.15, 0.2) is 24.3 Å². The summed E-state index contributed by atoms with van der Waals surface area (Å²) in [7, 11) is 0. The number of halogens is 1. The number of benzene rings is 1. The van der Waals surface area contributed by atoms with Crippen molar-refractivity contribution >= 4 is 11.7 Å². The lowest BCUT2D eigenvalue weighted by Gasteiger charge is -2.38. The Kier molecular flexibility index (Phi) is 7.46. The molecule has 1 aromatic carbocycles. The van der Waals surface area contributed by atoms with Crippen molar-refractivity contribution in [2.24, 2.45) is 5.92 Å². The van der Waals surface area contributed by atoms with E-state index in [1.807, 2.05) is 0 Å². The molecular formula is C18H28FN3O2. The molecule has 6 heteroatoms. The Bertz CT molecular complexity index is 517. The number of ether oxygens (including phenoxy) is 1. The lowest BCUT2D eigenvalue weighted by Crippen LogP contribution is -2.52. The summed E-state index contributed by atoms with van der Waals surface area (Å²) in [5.74, 6) is 0.0780. The highest BCUT2D eigenvalue weighted by Gasteiger charge is 2.27. The Balaban J connectivity index is 1.93. The van der Waals surface area contributed by atoms with Gasteiger partial charge in [0.2, 0.25) is 0 Å². The zero-order valence-electron chi connectivity index (χ0n) is 14.6. The fourth-order valence-electron chi connectivity index (χ4n) is 3.26. The number of urea groups is 1. The smallest absolute Gasteiger partial charge is 0.319 e. The van der Waals surface area contributed by atoms with Gasteiger partial charge in [-0.05, 0) is 18.1 Å². The highest BCUT2D eigenvalue weighted by atomic mass is 19.1. The first-order chi connectivity index (χ1) is 11.7. The fourth-order valence-corrected chi connectivity index (χ4v) is 3.26. The molecule has 5 nitrogen and oxygen atoms in total. The molecule has 1 saturated heterocycles. The van der Waals surface area contributed by atoms with Crippen LogP contribution in [0.1, 0.15) is 26.7 Å². The molecule has 2 amide bonds. The number of nitrogens with zero attached hydrogens (tertiary/aromatic N) is 1. The van der Waals surface area contributed by atoms with Crippen LogP contribution in [0.2, 0.25) is 0 Å². The fraction of sp³-hybridized carbons (Fsp3) is 0.611. The molecule has 1 atom stereocenters. The first kappa shape index (κ1) is 18.7. The minimum atomic E-state index is -0.433. The molecule has 0 aromatic heterocycles. The van der Waals surface area contributed by atoms with E-state index in [0.29, 0.717) is 12.5 Å². The summed E-state index contributed by atoms with van der Waals surface area (Å²) in [6.45, 7) is 8.15. The maximum atomic E-state index is 13.6. The van der Waals surface area contributed by atoms with E-state index in [4.69, 9.17) is 4.74 Å². The molecule has 1 aliphatic rings. The number of para-hydroxylation sites is 1. The van der Waals surface area contributed by atoms with E-state index in [1.165, 1.54) is 6.07 Å². The van der Waals surface area contributed by atoms with Gasteiger partial charge in [-0.25, -0.2) is 9.18 Å². The van der Waals surface area contributed by atoms with Crippen LogP contribution in [0.3, 0.4) is 0 Å². The summed E-state index contributed by atoms with van der Waals surface area (Å²) in [5.41, 5.74) is 0.195.